The Bertz CT molecular complexity index is 1920. The topological polar surface area (TPSA) is 81.1 Å². The van der Waals surface area contributed by atoms with Crippen LogP contribution in [-0.4, -0.2) is 27.0 Å². The number of anilines is 1. The molecule has 5 aromatic rings. The molecule has 0 amide bonds. The molecule has 0 saturated carbocycles. The maximum atomic E-state index is 9.52. The van der Waals surface area contributed by atoms with Crippen LogP contribution < -0.4 is 4.90 Å². The van der Waals surface area contributed by atoms with Gasteiger partial charge < -0.3 is 5.41 Å². The van der Waals surface area contributed by atoms with E-state index in [1.165, 1.54) is 27.8 Å². The SMILES string of the molecule is CC(C)c1cccc(C(C)C)c1CCC1CC(=N)C(=N)N(c2c(C(C)C)cccc2C(C)C)/C1=N/n1c2ccccc2c2cnccc21. The van der Waals surface area contributed by atoms with Crippen LogP contribution in [0.4, 0.5) is 5.69 Å². The Morgan fingerprint density at radius 2 is 1.27 bits per heavy atom. The Kier molecular flexibility index (Phi) is 9.37. The third kappa shape index (κ3) is 5.98. The lowest BCUT2D eigenvalue weighted by Crippen LogP contribution is -2.51. The van der Waals surface area contributed by atoms with Gasteiger partial charge in [-0.1, -0.05) is 110 Å². The molecule has 2 aromatic heterocycles. The standard InChI is InChI=1S/C42H50N6/c1-25(2)30-14-11-15-31(26(3)4)34(30)20-19-29-23-37(43)41(44)47(40-32(27(5)6)16-12-17-33(40)28(7)8)42(29)46-48-38-18-10-9-13-35(38)36-24-45-22-21-39(36)48/h9-18,21-22,24-29,43-44H,19-20,23H2,1-8H3/b43-37?,44-41?,46-42+. The molecule has 6 heteroatoms. The van der Waals surface area contributed by atoms with Gasteiger partial charge in [-0.3, -0.25) is 15.3 Å². The average Bonchev–Trinajstić information content (AvgIpc) is 3.38. The summed E-state index contributed by atoms with van der Waals surface area (Å²) in [5.74, 6) is 2.27. The smallest absolute Gasteiger partial charge is 0.152 e. The highest BCUT2D eigenvalue weighted by Crippen LogP contribution is 2.40. The fraction of sp³-hybridized carbons (Fsp3) is 0.381. The summed E-state index contributed by atoms with van der Waals surface area (Å²) in [6.07, 6.45) is 5.94. The molecule has 0 spiro atoms. The van der Waals surface area contributed by atoms with Crippen LogP contribution in [0.15, 0.2) is 84.2 Å². The zero-order valence-electron chi connectivity index (χ0n) is 29.8. The monoisotopic (exact) mass is 638 g/mol. The van der Waals surface area contributed by atoms with Crippen molar-refractivity contribution in [2.45, 2.75) is 98.3 Å². The van der Waals surface area contributed by atoms with Crippen molar-refractivity contribution in [3.63, 3.8) is 0 Å². The van der Waals surface area contributed by atoms with Crippen LogP contribution in [0.2, 0.25) is 0 Å². The Hall–Kier alpha value is -4.58. The first-order valence-corrected chi connectivity index (χ1v) is 17.6. The maximum absolute atomic E-state index is 9.52. The van der Waals surface area contributed by atoms with Gasteiger partial charge in [0.25, 0.3) is 0 Å². The zero-order valence-corrected chi connectivity index (χ0v) is 29.8. The Labute approximate surface area is 285 Å². The summed E-state index contributed by atoms with van der Waals surface area (Å²) >= 11 is 0. The van der Waals surface area contributed by atoms with Crippen LogP contribution in [-0.2, 0) is 6.42 Å². The van der Waals surface area contributed by atoms with E-state index in [0.29, 0.717) is 24.0 Å². The van der Waals surface area contributed by atoms with E-state index in [9.17, 15) is 10.8 Å². The molecule has 3 aromatic carbocycles. The molecule has 1 unspecified atom stereocenters. The number of para-hydroxylation sites is 2. The van der Waals surface area contributed by atoms with E-state index in [1.807, 2.05) is 23.4 Å². The van der Waals surface area contributed by atoms with Crippen molar-refractivity contribution in [3.8, 4) is 0 Å². The van der Waals surface area contributed by atoms with Crippen LogP contribution in [0.25, 0.3) is 21.8 Å². The molecule has 6 rings (SSSR count). The number of hydrogen-bond acceptors (Lipinski definition) is 4. The molecule has 3 heterocycles. The normalized spacial score (nSPS) is 16.6. The quantitative estimate of drug-likeness (QED) is 0.168. The molecule has 2 N–H and O–H groups in total. The first-order chi connectivity index (χ1) is 23.0. The number of amidine groups is 2. The Morgan fingerprint density at radius 3 is 1.88 bits per heavy atom. The summed E-state index contributed by atoms with van der Waals surface area (Å²) in [4.78, 5) is 6.50. The number of piperidine rings is 1. The van der Waals surface area contributed by atoms with Gasteiger partial charge >= 0.3 is 0 Å². The lowest BCUT2D eigenvalue weighted by molar-refractivity contribution is 0.619. The predicted molar refractivity (Wildman–Crippen MR) is 204 cm³/mol. The maximum Gasteiger partial charge on any atom is 0.152 e. The Morgan fingerprint density at radius 1 is 0.708 bits per heavy atom. The molecular formula is C42H50N6. The number of aromatic nitrogens is 2. The second-order valence-electron chi connectivity index (χ2n) is 14.6. The lowest BCUT2D eigenvalue weighted by atomic mass is 9.82. The van der Waals surface area contributed by atoms with Gasteiger partial charge in [0, 0.05) is 35.5 Å². The van der Waals surface area contributed by atoms with Crippen LogP contribution in [0.1, 0.15) is 120 Å². The molecule has 48 heavy (non-hydrogen) atoms. The van der Waals surface area contributed by atoms with Gasteiger partial charge in [-0.15, -0.1) is 0 Å². The summed E-state index contributed by atoms with van der Waals surface area (Å²) in [6.45, 7) is 18.0. The summed E-state index contributed by atoms with van der Waals surface area (Å²) < 4.78 is 2.05. The van der Waals surface area contributed by atoms with Gasteiger partial charge in [-0.25, -0.2) is 4.68 Å². The van der Waals surface area contributed by atoms with E-state index in [1.54, 1.807) is 0 Å². The van der Waals surface area contributed by atoms with E-state index in [4.69, 9.17) is 5.10 Å². The van der Waals surface area contributed by atoms with E-state index >= 15 is 0 Å². The highest BCUT2D eigenvalue weighted by molar-refractivity contribution is 6.51. The molecule has 0 aliphatic carbocycles. The number of rotatable bonds is 9. The number of hydrogen-bond donors (Lipinski definition) is 2. The van der Waals surface area contributed by atoms with Gasteiger partial charge in [0.15, 0.2) is 5.84 Å². The minimum Gasteiger partial charge on any atom is -0.301 e. The van der Waals surface area contributed by atoms with Crippen LogP contribution in [0.5, 0.6) is 0 Å². The summed E-state index contributed by atoms with van der Waals surface area (Å²) in [6, 6.07) is 23.7. The highest BCUT2D eigenvalue weighted by atomic mass is 15.4. The van der Waals surface area contributed by atoms with E-state index in [-0.39, 0.29) is 23.6 Å². The Balaban J connectivity index is 1.61. The van der Waals surface area contributed by atoms with E-state index in [0.717, 1.165) is 46.2 Å². The molecule has 0 radical (unpaired) electrons. The van der Waals surface area contributed by atoms with Gasteiger partial charge in [-0.2, -0.15) is 5.10 Å². The van der Waals surface area contributed by atoms with Gasteiger partial charge in [0.05, 0.1) is 22.4 Å². The molecule has 1 fully saturated rings. The second-order valence-corrected chi connectivity index (χ2v) is 14.6. The second kappa shape index (κ2) is 13.5. The fourth-order valence-corrected chi connectivity index (χ4v) is 7.54. The lowest BCUT2D eigenvalue weighted by Gasteiger charge is -2.39. The third-order valence-corrected chi connectivity index (χ3v) is 10.0. The first-order valence-electron chi connectivity index (χ1n) is 17.6. The largest absolute Gasteiger partial charge is 0.301 e. The van der Waals surface area contributed by atoms with Gasteiger partial charge in [-0.05, 0) is 76.5 Å². The predicted octanol–water partition coefficient (Wildman–Crippen LogP) is 11.0. The number of nitrogens with one attached hydrogen (secondary N) is 2. The van der Waals surface area contributed by atoms with E-state index in [2.05, 4.69) is 126 Å². The van der Waals surface area contributed by atoms with Gasteiger partial charge in [0.2, 0.25) is 0 Å². The summed E-state index contributed by atoms with van der Waals surface area (Å²) in [5.41, 5.74) is 9.93. The minimum atomic E-state index is -0.0647. The minimum absolute atomic E-state index is 0.0647. The average molecular weight is 639 g/mol. The molecule has 1 saturated heterocycles. The fourth-order valence-electron chi connectivity index (χ4n) is 7.54. The van der Waals surface area contributed by atoms with Crippen molar-refractivity contribution in [3.05, 3.63) is 107 Å². The molecule has 1 aliphatic heterocycles. The molecule has 248 valence electrons. The van der Waals surface area contributed by atoms with Gasteiger partial charge in [0.1, 0.15) is 5.84 Å². The van der Waals surface area contributed by atoms with Crippen molar-refractivity contribution in [1.29, 1.82) is 10.8 Å². The van der Waals surface area contributed by atoms with Crippen molar-refractivity contribution < 1.29 is 0 Å². The molecular weight excluding hydrogens is 589 g/mol. The summed E-state index contributed by atoms with van der Waals surface area (Å²) in [7, 11) is 0. The molecule has 0 bridgehead atoms. The molecule has 1 aliphatic rings. The first kappa shape index (κ1) is 33.3. The number of fused-ring (bicyclic) bond motifs is 3. The van der Waals surface area contributed by atoms with Crippen molar-refractivity contribution in [2.75, 3.05) is 4.90 Å². The molecule has 6 nitrogen and oxygen atoms in total. The van der Waals surface area contributed by atoms with Crippen LogP contribution >= 0.6 is 0 Å². The number of pyridine rings is 1. The highest BCUT2D eigenvalue weighted by Gasteiger charge is 2.38. The van der Waals surface area contributed by atoms with Crippen LogP contribution in [0, 0.1) is 16.7 Å². The van der Waals surface area contributed by atoms with Crippen LogP contribution in [0.3, 0.4) is 0 Å². The molecule has 1 atom stereocenters. The number of benzene rings is 3. The van der Waals surface area contributed by atoms with Crippen molar-refractivity contribution >= 4 is 44.9 Å². The zero-order chi connectivity index (χ0) is 34.3. The number of nitrogens with zero attached hydrogens (tertiary/aromatic N) is 4. The summed E-state index contributed by atoms with van der Waals surface area (Å²) in [5, 5.41) is 26.5. The van der Waals surface area contributed by atoms with Crippen molar-refractivity contribution in [1.82, 2.24) is 9.66 Å². The third-order valence-electron chi connectivity index (χ3n) is 10.0. The van der Waals surface area contributed by atoms with Crippen molar-refractivity contribution in [2.24, 2.45) is 11.0 Å². The van der Waals surface area contributed by atoms with E-state index < -0.39 is 0 Å².